The highest BCUT2D eigenvalue weighted by atomic mass is 79.9. The zero-order valence-corrected chi connectivity index (χ0v) is 12.2. The molecule has 0 N–H and O–H groups in total. The average Bonchev–Trinajstić information content (AvgIpc) is 2.89. The molecule has 1 aromatic carbocycles. The van der Waals surface area contributed by atoms with Gasteiger partial charge in [0, 0.05) is 10.7 Å². The van der Waals surface area contributed by atoms with Crippen LogP contribution in [-0.2, 0) is 4.74 Å². The molecule has 0 aliphatic carbocycles. The first kappa shape index (κ1) is 12.8. The SMILES string of the molecule is COC(=O)c1ccc(-n2cnc3cc(Br)ccc32)nc1. The number of nitrogens with zero attached hydrogens (tertiary/aromatic N) is 3. The Bertz CT molecular complexity index is 781. The molecule has 20 heavy (non-hydrogen) atoms. The van der Waals surface area contributed by atoms with E-state index in [0.717, 1.165) is 15.5 Å². The zero-order chi connectivity index (χ0) is 14.1. The van der Waals surface area contributed by atoms with E-state index >= 15 is 0 Å². The van der Waals surface area contributed by atoms with Crippen LogP contribution in [-0.4, -0.2) is 27.6 Å². The molecule has 5 nitrogen and oxygen atoms in total. The summed E-state index contributed by atoms with van der Waals surface area (Å²) in [5.74, 6) is 0.297. The van der Waals surface area contributed by atoms with Crippen molar-refractivity contribution in [2.75, 3.05) is 7.11 Å². The molecule has 0 bridgehead atoms. The average molecular weight is 332 g/mol. The number of fused-ring (bicyclic) bond motifs is 1. The molecule has 6 heteroatoms. The van der Waals surface area contributed by atoms with E-state index in [1.807, 2.05) is 22.8 Å². The van der Waals surface area contributed by atoms with Gasteiger partial charge in [-0.1, -0.05) is 15.9 Å². The van der Waals surface area contributed by atoms with Gasteiger partial charge < -0.3 is 4.74 Å². The van der Waals surface area contributed by atoms with Gasteiger partial charge in [-0.3, -0.25) is 4.57 Å². The lowest BCUT2D eigenvalue weighted by Gasteiger charge is -2.04. The molecular weight excluding hydrogens is 322 g/mol. The molecule has 100 valence electrons. The fourth-order valence-electron chi connectivity index (χ4n) is 1.94. The van der Waals surface area contributed by atoms with Crippen molar-refractivity contribution in [2.24, 2.45) is 0 Å². The van der Waals surface area contributed by atoms with Gasteiger partial charge >= 0.3 is 5.97 Å². The molecule has 0 saturated heterocycles. The van der Waals surface area contributed by atoms with Gasteiger partial charge in [0.1, 0.15) is 12.1 Å². The van der Waals surface area contributed by atoms with E-state index in [0.29, 0.717) is 11.4 Å². The first-order chi connectivity index (χ1) is 9.69. The Kier molecular flexibility index (Phi) is 3.23. The van der Waals surface area contributed by atoms with Crippen molar-refractivity contribution in [1.82, 2.24) is 14.5 Å². The fourth-order valence-corrected chi connectivity index (χ4v) is 2.28. The van der Waals surface area contributed by atoms with Crippen molar-refractivity contribution in [3.05, 3.63) is 52.9 Å². The standard InChI is InChI=1S/C14H10BrN3O2/c1-20-14(19)9-2-5-13(16-7-9)18-8-17-11-6-10(15)3-4-12(11)18/h2-8H,1H3. The highest BCUT2D eigenvalue weighted by Gasteiger charge is 2.09. The molecule has 3 aromatic rings. The topological polar surface area (TPSA) is 57.0 Å². The zero-order valence-electron chi connectivity index (χ0n) is 10.6. The molecule has 0 amide bonds. The van der Waals surface area contributed by atoms with E-state index in [2.05, 4.69) is 30.6 Å². The Balaban J connectivity index is 2.05. The third kappa shape index (κ3) is 2.18. The van der Waals surface area contributed by atoms with Crippen molar-refractivity contribution in [2.45, 2.75) is 0 Å². The number of rotatable bonds is 2. The monoisotopic (exact) mass is 331 g/mol. The normalized spacial score (nSPS) is 10.7. The molecule has 0 saturated carbocycles. The van der Waals surface area contributed by atoms with Crippen LogP contribution in [0.25, 0.3) is 16.9 Å². The Labute approximate surface area is 123 Å². The summed E-state index contributed by atoms with van der Waals surface area (Å²) in [4.78, 5) is 20.0. The van der Waals surface area contributed by atoms with Gasteiger partial charge in [-0.2, -0.15) is 0 Å². The van der Waals surface area contributed by atoms with Crippen LogP contribution >= 0.6 is 15.9 Å². The summed E-state index contributed by atoms with van der Waals surface area (Å²) in [7, 11) is 1.34. The van der Waals surface area contributed by atoms with E-state index in [-0.39, 0.29) is 0 Å². The second kappa shape index (κ2) is 5.05. The highest BCUT2D eigenvalue weighted by molar-refractivity contribution is 9.10. The number of carbonyl (C=O) groups is 1. The van der Waals surface area contributed by atoms with Crippen molar-refractivity contribution in [3.8, 4) is 5.82 Å². The number of carbonyl (C=O) groups excluding carboxylic acids is 1. The van der Waals surface area contributed by atoms with E-state index in [9.17, 15) is 4.79 Å². The largest absolute Gasteiger partial charge is 0.465 e. The minimum absolute atomic E-state index is 0.400. The number of methoxy groups -OCH3 is 1. The molecule has 0 spiro atoms. The predicted molar refractivity (Wildman–Crippen MR) is 77.9 cm³/mol. The van der Waals surface area contributed by atoms with Gasteiger partial charge in [-0.25, -0.2) is 14.8 Å². The van der Waals surface area contributed by atoms with Gasteiger partial charge in [0.25, 0.3) is 0 Å². The van der Waals surface area contributed by atoms with Crippen LogP contribution < -0.4 is 0 Å². The quantitative estimate of drug-likeness (QED) is 0.677. The summed E-state index contributed by atoms with van der Waals surface area (Å²) in [6.07, 6.45) is 3.20. The number of imidazole rings is 1. The number of pyridine rings is 1. The Morgan fingerprint density at radius 3 is 2.80 bits per heavy atom. The minimum Gasteiger partial charge on any atom is -0.465 e. The number of ether oxygens (including phenoxy) is 1. The van der Waals surface area contributed by atoms with Gasteiger partial charge in [0.15, 0.2) is 0 Å². The lowest BCUT2D eigenvalue weighted by Crippen LogP contribution is -2.03. The number of benzene rings is 1. The van der Waals surface area contributed by atoms with Crippen LogP contribution in [0.1, 0.15) is 10.4 Å². The number of halogens is 1. The smallest absolute Gasteiger partial charge is 0.339 e. The number of aromatic nitrogens is 3. The van der Waals surface area contributed by atoms with Crippen LogP contribution in [0.3, 0.4) is 0 Å². The first-order valence-electron chi connectivity index (χ1n) is 5.86. The molecule has 3 rings (SSSR count). The summed E-state index contributed by atoms with van der Waals surface area (Å²) in [6, 6.07) is 9.29. The van der Waals surface area contributed by atoms with Crippen LogP contribution in [0.5, 0.6) is 0 Å². The molecule has 0 fully saturated rings. The molecule has 0 unspecified atom stereocenters. The predicted octanol–water partition coefficient (Wildman–Crippen LogP) is 2.97. The summed E-state index contributed by atoms with van der Waals surface area (Å²) in [6.45, 7) is 0. The maximum absolute atomic E-state index is 11.4. The summed E-state index contributed by atoms with van der Waals surface area (Å²) >= 11 is 3.42. The van der Waals surface area contributed by atoms with Crippen LogP contribution in [0.4, 0.5) is 0 Å². The number of hydrogen-bond acceptors (Lipinski definition) is 4. The van der Waals surface area contributed by atoms with E-state index < -0.39 is 5.97 Å². The highest BCUT2D eigenvalue weighted by Crippen LogP contribution is 2.21. The molecule has 0 aliphatic rings. The maximum Gasteiger partial charge on any atom is 0.339 e. The van der Waals surface area contributed by atoms with Gasteiger partial charge in [-0.05, 0) is 30.3 Å². The summed E-state index contributed by atoms with van der Waals surface area (Å²) in [5, 5.41) is 0. The Morgan fingerprint density at radius 2 is 2.10 bits per heavy atom. The molecule has 2 heterocycles. The van der Waals surface area contributed by atoms with Crippen LogP contribution in [0.15, 0.2) is 47.3 Å². The summed E-state index contributed by atoms with van der Waals surface area (Å²) in [5.41, 5.74) is 2.24. The Hall–Kier alpha value is -2.21. The maximum atomic E-state index is 11.4. The number of esters is 1. The lowest BCUT2D eigenvalue weighted by atomic mass is 10.3. The van der Waals surface area contributed by atoms with E-state index in [1.165, 1.54) is 13.3 Å². The van der Waals surface area contributed by atoms with Gasteiger partial charge in [0.2, 0.25) is 0 Å². The summed E-state index contributed by atoms with van der Waals surface area (Å²) < 4.78 is 7.49. The van der Waals surface area contributed by atoms with Crippen LogP contribution in [0.2, 0.25) is 0 Å². The molecule has 0 atom stereocenters. The van der Waals surface area contributed by atoms with E-state index in [1.54, 1.807) is 18.5 Å². The van der Waals surface area contributed by atoms with Crippen molar-refractivity contribution in [3.63, 3.8) is 0 Å². The second-order valence-corrected chi connectivity index (χ2v) is 5.06. The van der Waals surface area contributed by atoms with Crippen LogP contribution in [0, 0.1) is 0 Å². The van der Waals surface area contributed by atoms with E-state index in [4.69, 9.17) is 0 Å². The van der Waals surface area contributed by atoms with Gasteiger partial charge in [-0.15, -0.1) is 0 Å². The van der Waals surface area contributed by atoms with Crippen molar-refractivity contribution >= 4 is 32.9 Å². The third-order valence-corrected chi connectivity index (χ3v) is 3.42. The second-order valence-electron chi connectivity index (χ2n) is 4.14. The molecule has 2 aromatic heterocycles. The first-order valence-corrected chi connectivity index (χ1v) is 6.65. The van der Waals surface area contributed by atoms with Crippen molar-refractivity contribution < 1.29 is 9.53 Å². The fraction of sp³-hybridized carbons (Fsp3) is 0.0714. The number of hydrogen-bond donors (Lipinski definition) is 0. The third-order valence-electron chi connectivity index (χ3n) is 2.93. The van der Waals surface area contributed by atoms with Gasteiger partial charge in [0.05, 0.1) is 23.7 Å². The molecule has 0 radical (unpaired) electrons. The molecular formula is C14H10BrN3O2. The minimum atomic E-state index is -0.400. The Morgan fingerprint density at radius 1 is 1.25 bits per heavy atom. The molecule has 0 aliphatic heterocycles. The van der Waals surface area contributed by atoms with Crippen molar-refractivity contribution in [1.29, 1.82) is 0 Å². The lowest BCUT2D eigenvalue weighted by molar-refractivity contribution is 0.0600.